The molecule has 0 saturated heterocycles. The van der Waals surface area contributed by atoms with Gasteiger partial charge in [-0.1, -0.05) is 50.6 Å². The van der Waals surface area contributed by atoms with E-state index in [1.54, 1.807) is 0 Å². The monoisotopic (exact) mass is 418 g/mol. The molecule has 0 saturated carbocycles. The second-order valence-electron chi connectivity index (χ2n) is 7.37. The summed E-state index contributed by atoms with van der Waals surface area (Å²) in [6, 6.07) is 7.17. The summed E-state index contributed by atoms with van der Waals surface area (Å²) < 4.78 is 0. The van der Waals surface area contributed by atoms with Crippen molar-refractivity contribution in [3.8, 4) is 0 Å². The van der Waals surface area contributed by atoms with E-state index in [0.717, 1.165) is 5.56 Å². The number of carbonyl (C=O) groups is 3. The molecule has 166 valence electrons. The molecule has 1 aromatic carbocycles. The second kappa shape index (κ2) is 13.3. The Morgan fingerprint density at radius 2 is 1.80 bits per heavy atom. The lowest BCUT2D eigenvalue weighted by molar-refractivity contribution is -0.131. The van der Waals surface area contributed by atoms with Gasteiger partial charge in [0.15, 0.2) is 5.96 Å². The first-order valence-corrected chi connectivity index (χ1v) is 10.2. The van der Waals surface area contributed by atoms with Crippen molar-refractivity contribution < 1.29 is 14.4 Å². The van der Waals surface area contributed by atoms with Crippen LogP contribution in [0.5, 0.6) is 0 Å². The van der Waals surface area contributed by atoms with Crippen LogP contribution in [0.1, 0.15) is 38.7 Å². The number of aldehydes is 1. The maximum Gasteiger partial charge on any atom is 0.243 e. The smallest absolute Gasteiger partial charge is 0.243 e. The lowest BCUT2D eigenvalue weighted by Crippen LogP contribution is -2.56. The van der Waals surface area contributed by atoms with Crippen molar-refractivity contribution in [2.75, 3.05) is 6.54 Å². The summed E-state index contributed by atoms with van der Waals surface area (Å²) in [5.41, 5.74) is 17.5. The van der Waals surface area contributed by atoms with Gasteiger partial charge in [-0.25, -0.2) is 0 Å². The molecule has 0 spiro atoms. The Morgan fingerprint density at radius 3 is 2.37 bits per heavy atom. The quantitative estimate of drug-likeness (QED) is 0.129. The van der Waals surface area contributed by atoms with Gasteiger partial charge in [0.05, 0.1) is 12.1 Å². The molecule has 0 aliphatic rings. The fraction of sp³-hybridized carbons (Fsp3) is 0.524. The number of nitrogens with zero attached hydrogens (tertiary/aromatic N) is 1. The Labute approximate surface area is 177 Å². The van der Waals surface area contributed by atoms with E-state index in [1.807, 2.05) is 44.2 Å². The van der Waals surface area contributed by atoms with Crippen LogP contribution in [0.2, 0.25) is 0 Å². The number of carbonyl (C=O) groups excluding carboxylic acids is 3. The summed E-state index contributed by atoms with van der Waals surface area (Å²) in [5.74, 6) is -0.974. The zero-order chi connectivity index (χ0) is 22.5. The van der Waals surface area contributed by atoms with E-state index >= 15 is 0 Å². The summed E-state index contributed by atoms with van der Waals surface area (Å²) in [6.07, 6.45) is 2.63. The number of amides is 2. The Kier molecular flexibility index (Phi) is 11.1. The highest BCUT2D eigenvalue weighted by molar-refractivity contribution is 5.91. The van der Waals surface area contributed by atoms with Crippen LogP contribution in [-0.4, -0.2) is 48.7 Å². The second-order valence-corrected chi connectivity index (χ2v) is 7.37. The average Bonchev–Trinajstić information content (AvgIpc) is 2.73. The van der Waals surface area contributed by atoms with Crippen molar-refractivity contribution in [3.63, 3.8) is 0 Å². The molecule has 0 bridgehead atoms. The fourth-order valence-corrected chi connectivity index (χ4v) is 2.89. The zero-order valence-corrected chi connectivity index (χ0v) is 17.7. The van der Waals surface area contributed by atoms with Crippen molar-refractivity contribution >= 4 is 24.1 Å². The molecule has 4 atom stereocenters. The van der Waals surface area contributed by atoms with Crippen LogP contribution in [0.4, 0.5) is 0 Å². The number of nitrogens with one attached hydrogen (secondary N) is 2. The summed E-state index contributed by atoms with van der Waals surface area (Å²) in [6.45, 7) is 4.15. The van der Waals surface area contributed by atoms with Crippen LogP contribution in [-0.2, 0) is 20.8 Å². The number of guanidine groups is 1. The first-order valence-electron chi connectivity index (χ1n) is 10.2. The molecule has 30 heavy (non-hydrogen) atoms. The van der Waals surface area contributed by atoms with Gasteiger partial charge in [0.25, 0.3) is 0 Å². The van der Waals surface area contributed by atoms with Gasteiger partial charge in [-0.2, -0.15) is 0 Å². The molecule has 0 aliphatic carbocycles. The standard InChI is InChI=1S/C21H34N6O3/c1-3-14(2)18(20(30)26-16(13-28)10-7-11-25-21(23)24)27-19(29)17(22)12-15-8-5-4-6-9-15/h4-6,8-9,13-14,16-18H,3,7,10-12,22H2,1-2H3,(H,26,30)(H,27,29)(H4,23,24,25)/t14-,16-,17-,18-/m0/s1. The van der Waals surface area contributed by atoms with Gasteiger partial charge in [0, 0.05) is 6.54 Å². The Bertz CT molecular complexity index is 706. The normalized spacial score (nSPS) is 14.6. The van der Waals surface area contributed by atoms with Gasteiger partial charge in [0.1, 0.15) is 12.3 Å². The third-order valence-electron chi connectivity index (χ3n) is 4.89. The molecule has 0 fully saturated rings. The summed E-state index contributed by atoms with van der Waals surface area (Å²) in [7, 11) is 0. The third-order valence-corrected chi connectivity index (χ3v) is 4.89. The van der Waals surface area contributed by atoms with Gasteiger partial charge in [-0.3, -0.25) is 14.6 Å². The first kappa shape index (κ1) is 25.1. The minimum Gasteiger partial charge on any atom is -0.370 e. The van der Waals surface area contributed by atoms with E-state index in [9.17, 15) is 14.4 Å². The molecule has 8 N–H and O–H groups in total. The van der Waals surface area contributed by atoms with Gasteiger partial charge in [-0.15, -0.1) is 0 Å². The Hall–Kier alpha value is -2.94. The van der Waals surface area contributed by atoms with Crippen LogP contribution in [0, 0.1) is 5.92 Å². The lowest BCUT2D eigenvalue weighted by Gasteiger charge is -2.26. The largest absolute Gasteiger partial charge is 0.370 e. The fourth-order valence-electron chi connectivity index (χ4n) is 2.89. The highest BCUT2D eigenvalue weighted by Crippen LogP contribution is 2.10. The van der Waals surface area contributed by atoms with Crippen LogP contribution in [0.25, 0.3) is 0 Å². The Balaban J connectivity index is 2.69. The van der Waals surface area contributed by atoms with E-state index in [1.165, 1.54) is 0 Å². The van der Waals surface area contributed by atoms with Crippen LogP contribution < -0.4 is 27.8 Å². The van der Waals surface area contributed by atoms with Gasteiger partial charge in [-0.05, 0) is 30.7 Å². The number of rotatable bonds is 13. The summed E-state index contributed by atoms with van der Waals surface area (Å²) in [4.78, 5) is 40.6. The molecular weight excluding hydrogens is 384 g/mol. The average molecular weight is 419 g/mol. The molecule has 9 nitrogen and oxygen atoms in total. The van der Waals surface area contributed by atoms with Crippen LogP contribution in [0.3, 0.4) is 0 Å². The van der Waals surface area contributed by atoms with Crippen molar-refractivity contribution in [2.24, 2.45) is 28.1 Å². The number of nitrogens with two attached hydrogens (primary N) is 3. The zero-order valence-electron chi connectivity index (χ0n) is 17.7. The molecular formula is C21H34N6O3. The number of benzene rings is 1. The number of hydrogen-bond donors (Lipinski definition) is 5. The maximum absolute atomic E-state index is 12.8. The molecule has 0 heterocycles. The third kappa shape index (κ3) is 9.04. The molecule has 1 aromatic rings. The summed E-state index contributed by atoms with van der Waals surface area (Å²) in [5, 5.41) is 5.44. The predicted octanol–water partition coefficient (Wildman–Crippen LogP) is -0.175. The topological polar surface area (TPSA) is 166 Å². The maximum atomic E-state index is 12.8. The van der Waals surface area contributed by atoms with Crippen molar-refractivity contribution in [3.05, 3.63) is 35.9 Å². The highest BCUT2D eigenvalue weighted by Gasteiger charge is 2.29. The van der Waals surface area contributed by atoms with E-state index in [0.29, 0.717) is 38.5 Å². The predicted molar refractivity (Wildman–Crippen MR) is 117 cm³/mol. The Morgan fingerprint density at radius 1 is 1.13 bits per heavy atom. The van der Waals surface area contributed by atoms with E-state index in [-0.39, 0.29) is 11.9 Å². The minimum atomic E-state index is -0.788. The molecule has 0 aromatic heterocycles. The SMILES string of the molecule is CC[C@H](C)[C@H](NC(=O)[C@@H](N)Cc1ccccc1)C(=O)N[C@H](C=O)CCCN=C(N)N. The van der Waals surface area contributed by atoms with Gasteiger partial charge >= 0.3 is 0 Å². The van der Waals surface area contributed by atoms with Gasteiger partial charge < -0.3 is 32.6 Å². The molecule has 2 amide bonds. The number of hydrogen-bond acceptors (Lipinski definition) is 5. The molecule has 0 aliphatic heterocycles. The van der Waals surface area contributed by atoms with E-state index < -0.39 is 29.9 Å². The lowest BCUT2D eigenvalue weighted by atomic mass is 9.96. The highest BCUT2D eigenvalue weighted by atomic mass is 16.2. The first-order chi connectivity index (χ1) is 14.3. The van der Waals surface area contributed by atoms with Crippen molar-refractivity contribution in [2.45, 2.75) is 57.7 Å². The van der Waals surface area contributed by atoms with Gasteiger partial charge in [0.2, 0.25) is 11.8 Å². The van der Waals surface area contributed by atoms with Crippen molar-refractivity contribution in [1.29, 1.82) is 0 Å². The molecule has 1 rings (SSSR count). The molecule has 0 radical (unpaired) electrons. The number of aliphatic imine (C=N–C) groups is 1. The van der Waals surface area contributed by atoms with Crippen LogP contribution >= 0.6 is 0 Å². The van der Waals surface area contributed by atoms with E-state index in [2.05, 4.69) is 15.6 Å². The van der Waals surface area contributed by atoms with Crippen LogP contribution in [0.15, 0.2) is 35.3 Å². The minimum absolute atomic E-state index is 0.0203. The molecule has 9 heteroatoms. The van der Waals surface area contributed by atoms with Crippen molar-refractivity contribution in [1.82, 2.24) is 10.6 Å². The molecule has 0 unspecified atom stereocenters. The summed E-state index contributed by atoms with van der Waals surface area (Å²) >= 11 is 0. The van der Waals surface area contributed by atoms with E-state index in [4.69, 9.17) is 17.2 Å².